The lowest BCUT2D eigenvalue weighted by atomic mass is 9.33. The first kappa shape index (κ1) is 44.5. The zero-order valence-corrected chi connectivity index (χ0v) is 44.6. The third kappa shape index (κ3) is 6.07. The first-order chi connectivity index (χ1) is 32.9. The molecule has 2 atom stereocenters. The molecule has 6 aliphatic rings. The zero-order valence-electron chi connectivity index (χ0n) is 44.6. The first-order valence-corrected chi connectivity index (χ1v) is 26.8. The molecule has 3 heterocycles. The van der Waals surface area contributed by atoms with Crippen LogP contribution in [-0.4, -0.2) is 6.71 Å². The van der Waals surface area contributed by atoms with E-state index in [4.69, 9.17) is 4.42 Å². The molecule has 0 N–H and O–H groups in total. The number of aryl methyl sites for hydroxylation is 1. The first-order valence-electron chi connectivity index (χ1n) is 26.8. The third-order valence-corrected chi connectivity index (χ3v) is 19.5. The molecule has 13 rings (SSSR count). The van der Waals surface area contributed by atoms with Crippen molar-refractivity contribution in [2.24, 2.45) is 0 Å². The minimum atomic E-state index is -0.0439. The summed E-state index contributed by atoms with van der Waals surface area (Å²) in [5.41, 5.74) is 26.0. The van der Waals surface area contributed by atoms with Crippen LogP contribution >= 0.6 is 0 Å². The molecule has 0 spiro atoms. The van der Waals surface area contributed by atoms with E-state index in [1.165, 1.54) is 126 Å². The summed E-state index contributed by atoms with van der Waals surface area (Å²) in [6.45, 7) is 34.1. The van der Waals surface area contributed by atoms with E-state index in [0.717, 1.165) is 30.7 Å². The number of hydrogen-bond acceptors (Lipinski definition) is 3. The third-order valence-electron chi connectivity index (χ3n) is 19.5. The smallest absolute Gasteiger partial charge is 0.257 e. The van der Waals surface area contributed by atoms with Gasteiger partial charge in [-0.05, 0) is 205 Å². The molecule has 0 saturated heterocycles. The Bertz CT molecular complexity index is 3410. The van der Waals surface area contributed by atoms with E-state index in [1.54, 1.807) is 5.56 Å². The number of benzene rings is 6. The van der Waals surface area contributed by atoms with Gasteiger partial charge in [0.05, 0.1) is 5.69 Å². The van der Waals surface area contributed by atoms with E-state index in [-0.39, 0.29) is 44.6 Å². The Balaban J connectivity index is 1.17. The predicted molar refractivity (Wildman–Crippen MR) is 298 cm³/mol. The molecule has 7 aromatic rings. The number of anilines is 6. The van der Waals surface area contributed by atoms with Gasteiger partial charge in [-0.2, -0.15) is 0 Å². The van der Waals surface area contributed by atoms with E-state index in [1.807, 2.05) is 0 Å². The van der Waals surface area contributed by atoms with Crippen LogP contribution in [-0.2, 0) is 37.9 Å². The van der Waals surface area contributed by atoms with E-state index in [0.29, 0.717) is 0 Å². The second-order valence-electron chi connectivity index (χ2n) is 27.4. The van der Waals surface area contributed by atoms with Gasteiger partial charge in [0.1, 0.15) is 5.58 Å². The topological polar surface area (TPSA) is 19.6 Å². The summed E-state index contributed by atoms with van der Waals surface area (Å²) in [6, 6.07) is 41.4. The molecule has 1 aromatic heterocycles. The highest BCUT2D eigenvalue weighted by molar-refractivity contribution is 7.01. The van der Waals surface area contributed by atoms with Gasteiger partial charge in [-0.1, -0.05) is 139 Å². The van der Waals surface area contributed by atoms with Crippen molar-refractivity contribution < 1.29 is 4.42 Å². The molecule has 2 unspecified atom stereocenters. The fourth-order valence-electron chi connectivity index (χ4n) is 15.1. The zero-order chi connectivity index (χ0) is 49.0. The summed E-state index contributed by atoms with van der Waals surface area (Å²) >= 11 is 0. The molecule has 0 radical (unpaired) electrons. The quantitative estimate of drug-likeness (QED) is 0.165. The maximum atomic E-state index is 7.65. The van der Waals surface area contributed by atoms with Crippen molar-refractivity contribution in [3.05, 3.63) is 148 Å². The Kier molecular flexibility index (Phi) is 8.85. The number of rotatable bonds is 3. The molecule has 4 heteroatoms. The molecule has 3 nitrogen and oxygen atoms in total. The molecule has 1 fully saturated rings. The summed E-state index contributed by atoms with van der Waals surface area (Å²) < 4.78 is 7.65. The summed E-state index contributed by atoms with van der Waals surface area (Å²) in [7, 11) is 0. The molecule has 4 aliphatic carbocycles. The number of nitrogens with zero attached hydrogens (tertiary/aromatic N) is 2. The van der Waals surface area contributed by atoms with Gasteiger partial charge in [0.2, 0.25) is 5.88 Å². The number of hydrogen-bond donors (Lipinski definition) is 0. The Morgan fingerprint density at radius 1 is 0.500 bits per heavy atom. The van der Waals surface area contributed by atoms with E-state index < -0.39 is 0 Å². The van der Waals surface area contributed by atoms with Gasteiger partial charge in [0, 0.05) is 39.2 Å². The highest BCUT2D eigenvalue weighted by Crippen LogP contribution is 2.62. The van der Waals surface area contributed by atoms with Gasteiger partial charge in [-0.25, -0.2) is 0 Å². The molecule has 70 heavy (non-hydrogen) atoms. The standard InChI is InChI=1S/C66H73BN2O/c1-39-30-54-58-55(31-39)69(52-23-20-41(60(2,3)4)32-43(52)40-18-16-15-17-19-40)53-36-48-47(63(9,10)26-27-64(48,11)12)35-51(53)67(58)57-44-34-49-50(66(14)29-28-65(49,13)38-66)37-56(44)70-59(57)68(54)42-21-22-45-46(33-42)62(7,8)25-24-61(45,5)6/h15-23,30-37H,24-29,38H2,1-14H3. The van der Waals surface area contributed by atoms with Crippen molar-refractivity contribution in [3.63, 3.8) is 0 Å². The molecule has 2 aliphatic heterocycles. The van der Waals surface area contributed by atoms with E-state index in [2.05, 4.69) is 210 Å². The van der Waals surface area contributed by atoms with Crippen LogP contribution in [0.1, 0.15) is 179 Å². The summed E-state index contributed by atoms with van der Waals surface area (Å²) in [5, 5.41) is 1.29. The van der Waals surface area contributed by atoms with Gasteiger partial charge >= 0.3 is 0 Å². The average molecular weight is 921 g/mol. The van der Waals surface area contributed by atoms with Crippen LogP contribution in [0.2, 0.25) is 0 Å². The molecule has 2 bridgehead atoms. The van der Waals surface area contributed by atoms with Crippen LogP contribution < -0.4 is 26.2 Å². The molecular formula is C66H73BN2O. The molecular weight excluding hydrogens is 848 g/mol. The minimum Gasteiger partial charge on any atom is -0.440 e. The summed E-state index contributed by atoms with van der Waals surface area (Å²) in [5.74, 6) is 0.986. The fraction of sp³-hybridized carbons (Fsp3) is 0.424. The monoisotopic (exact) mass is 921 g/mol. The minimum absolute atomic E-state index is 0.0177. The SMILES string of the molecule is Cc1cc2c3c(c1)N(c1ccc4c(c1)C(C)(C)CCC4(C)C)c1oc4cc5c(cc4c1B3c1cc3c(cc1N2c1ccc(C(C)(C)C)cc1-c1ccccc1)C(C)(C)CCC3(C)C)C1(C)CCC5(C)C1. The Hall–Kier alpha value is -5.48. The molecule has 1 saturated carbocycles. The Morgan fingerprint density at radius 3 is 1.73 bits per heavy atom. The lowest BCUT2D eigenvalue weighted by Gasteiger charge is -2.47. The Labute approximate surface area is 419 Å². The van der Waals surface area contributed by atoms with Crippen molar-refractivity contribution in [1.82, 2.24) is 0 Å². The second kappa shape index (κ2) is 13.9. The van der Waals surface area contributed by atoms with Crippen molar-refractivity contribution in [3.8, 4) is 11.1 Å². The highest BCUT2D eigenvalue weighted by atomic mass is 16.4. The Morgan fingerprint density at radius 2 is 1.09 bits per heavy atom. The van der Waals surface area contributed by atoms with Gasteiger partial charge in [0.25, 0.3) is 6.71 Å². The van der Waals surface area contributed by atoms with Crippen LogP contribution in [0.15, 0.2) is 108 Å². The van der Waals surface area contributed by atoms with Gasteiger partial charge < -0.3 is 9.32 Å². The maximum absolute atomic E-state index is 7.65. The highest BCUT2D eigenvalue weighted by Gasteiger charge is 2.55. The van der Waals surface area contributed by atoms with Crippen molar-refractivity contribution >= 4 is 68.4 Å². The van der Waals surface area contributed by atoms with Gasteiger partial charge in [0.15, 0.2) is 0 Å². The lowest BCUT2D eigenvalue weighted by Crippen LogP contribution is -2.61. The van der Waals surface area contributed by atoms with E-state index >= 15 is 0 Å². The maximum Gasteiger partial charge on any atom is 0.257 e. The molecule has 6 aromatic carbocycles. The van der Waals surface area contributed by atoms with Crippen LogP contribution in [0.3, 0.4) is 0 Å². The van der Waals surface area contributed by atoms with Crippen LogP contribution in [0.25, 0.3) is 22.1 Å². The van der Waals surface area contributed by atoms with Crippen LogP contribution in [0.5, 0.6) is 0 Å². The van der Waals surface area contributed by atoms with Crippen molar-refractivity contribution in [2.75, 3.05) is 9.80 Å². The molecule has 356 valence electrons. The van der Waals surface area contributed by atoms with Crippen LogP contribution in [0.4, 0.5) is 34.3 Å². The van der Waals surface area contributed by atoms with E-state index in [9.17, 15) is 0 Å². The second-order valence-corrected chi connectivity index (χ2v) is 27.4. The lowest BCUT2D eigenvalue weighted by molar-refractivity contribution is 0.332. The predicted octanol–water partition coefficient (Wildman–Crippen LogP) is 16.2. The van der Waals surface area contributed by atoms with Gasteiger partial charge in [-0.3, -0.25) is 4.90 Å². The largest absolute Gasteiger partial charge is 0.440 e. The number of fused-ring (bicyclic) bond motifs is 13. The van der Waals surface area contributed by atoms with Crippen LogP contribution in [0, 0.1) is 6.92 Å². The average Bonchev–Trinajstić information content (AvgIpc) is 3.91. The number of furan rings is 1. The summed E-state index contributed by atoms with van der Waals surface area (Å²) in [4.78, 5) is 5.26. The molecule has 0 amide bonds. The normalized spacial score (nSPS) is 23.7. The van der Waals surface area contributed by atoms with Crippen molar-refractivity contribution in [2.45, 2.75) is 180 Å². The summed E-state index contributed by atoms with van der Waals surface area (Å²) in [6.07, 6.45) is 8.39. The van der Waals surface area contributed by atoms with Crippen molar-refractivity contribution in [1.29, 1.82) is 0 Å². The van der Waals surface area contributed by atoms with Gasteiger partial charge in [-0.15, -0.1) is 0 Å². The fourth-order valence-corrected chi connectivity index (χ4v) is 15.1.